The van der Waals surface area contributed by atoms with Crippen molar-refractivity contribution >= 4 is 50.5 Å². The maximum absolute atomic E-state index is 12.7. The number of nitrogens with one attached hydrogen (secondary N) is 2. The van der Waals surface area contributed by atoms with Gasteiger partial charge < -0.3 is 15.5 Å². The van der Waals surface area contributed by atoms with Gasteiger partial charge in [0.2, 0.25) is 5.91 Å². The molecule has 1 saturated heterocycles. The van der Waals surface area contributed by atoms with Crippen LogP contribution in [0.2, 0.25) is 0 Å². The first kappa shape index (κ1) is 18.9. The first-order valence-electron chi connectivity index (χ1n) is 9.32. The molecular formula is C20H22N4O2S2. The highest BCUT2D eigenvalue weighted by Gasteiger charge is 2.28. The highest BCUT2D eigenvalue weighted by Crippen LogP contribution is 2.25. The molecule has 1 aromatic carbocycles. The number of amides is 3. The molecule has 1 aliphatic heterocycles. The van der Waals surface area contributed by atoms with Gasteiger partial charge in [0.1, 0.15) is 0 Å². The number of urea groups is 1. The molecule has 3 amide bonds. The van der Waals surface area contributed by atoms with E-state index in [4.69, 9.17) is 0 Å². The highest BCUT2D eigenvalue weighted by molar-refractivity contribution is 7.18. The van der Waals surface area contributed by atoms with Crippen LogP contribution in [-0.4, -0.2) is 34.9 Å². The number of carbonyl (C=O) groups is 2. The van der Waals surface area contributed by atoms with Gasteiger partial charge in [-0.15, -0.1) is 22.7 Å². The molecule has 3 heterocycles. The summed E-state index contributed by atoms with van der Waals surface area (Å²) in [5, 5.41) is 8.94. The Kier molecular flexibility index (Phi) is 5.59. The Morgan fingerprint density at radius 3 is 3.04 bits per heavy atom. The fourth-order valence-corrected chi connectivity index (χ4v) is 4.88. The van der Waals surface area contributed by atoms with Crippen LogP contribution in [0.25, 0.3) is 10.2 Å². The molecule has 1 aliphatic rings. The van der Waals surface area contributed by atoms with Crippen molar-refractivity contribution in [1.29, 1.82) is 0 Å². The van der Waals surface area contributed by atoms with Crippen molar-refractivity contribution in [2.24, 2.45) is 5.92 Å². The Bertz CT molecular complexity index is 983. The Morgan fingerprint density at radius 2 is 2.21 bits per heavy atom. The van der Waals surface area contributed by atoms with E-state index in [1.807, 2.05) is 42.6 Å². The van der Waals surface area contributed by atoms with Crippen LogP contribution in [0, 0.1) is 12.8 Å². The zero-order valence-electron chi connectivity index (χ0n) is 15.6. The second-order valence-corrected chi connectivity index (χ2v) is 9.19. The summed E-state index contributed by atoms with van der Waals surface area (Å²) in [6, 6.07) is 9.67. The minimum atomic E-state index is -0.200. The molecule has 6 nitrogen and oxygen atoms in total. The number of nitrogens with zero attached hydrogens (tertiary/aromatic N) is 2. The number of fused-ring (bicyclic) bond motifs is 1. The van der Waals surface area contributed by atoms with E-state index >= 15 is 0 Å². The highest BCUT2D eigenvalue weighted by atomic mass is 32.1. The summed E-state index contributed by atoms with van der Waals surface area (Å²) in [4.78, 5) is 32.5. The zero-order valence-corrected chi connectivity index (χ0v) is 17.2. The van der Waals surface area contributed by atoms with Crippen LogP contribution in [0.5, 0.6) is 0 Å². The summed E-state index contributed by atoms with van der Waals surface area (Å²) in [5.74, 6) is -0.240. The van der Waals surface area contributed by atoms with E-state index in [1.165, 1.54) is 0 Å². The molecule has 146 valence electrons. The lowest BCUT2D eigenvalue weighted by Crippen LogP contribution is -2.47. The molecule has 1 fully saturated rings. The van der Waals surface area contributed by atoms with Crippen LogP contribution in [0.3, 0.4) is 0 Å². The van der Waals surface area contributed by atoms with E-state index in [9.17, 15) is 9.59 Å². The second-order valence-electron chi connectivity index (χ2n) is 6.93. The maximum Gasteiger partial charge on any atom is 0.317 e. The molecule has 0 saturated carbocycles. The number of anilines is 1. The second kappa shape index (κ2) is 8.28. The summed E-state index contributed by atoms with van der Waals surface area (Å²) >= 11 is 3.26. The van der Waals surface area contributed by atoms with Gasteiger partial charge in [-0.2, -0.15) is 0 Å². The fraction of sp³-hybridized carbons (Fsp3) is 0.350. The van der Waals surface area contributed by atoms with Crippen molar-refractivity contribution in [3.8, 4) is 0 Å². The number of hydrogen-bond donors (Lipinski definition) is 2. The lowest BCUT2D eigenvalue weighted by atomic mass is 9.97. The number of carbonyl (C=O) groups excluding carboxylic acids is 2. The van der Waals surface area contributed by atoms with Crippen molar-refractivity contribution < 1.29 is 9.59 Å². The molecule has 4 rings (SSSR count). The Hall–Kier alpha value is -2.45. The molecule has 0 bridgehead atoms. The molecule has 1 unspecified atom stereocenters. The normalized spacial score (nSPS) is 16.9. The number of likely N-dealkylation sites (tertiary alicyclic amines) is 1. The molecule has 0 aliphatic carbocycles. The molecule has 8 heteroatoms. The molecule has 3 aromatic rings. The zero-order chi connectivity index (χ0) is 19.5. The topological polar surface area (TPSA) is 74.3 Å². The number of thiazole rings is 1. The monoisotopic (exact) mass is 414 g/mol. The van der Waals surface area contributed by atoms with Crippen LogP contribution in [-0.2, 0) is 11.3 Å². The number of rotatable bonds is 4. The van der Waals surface area contributed by atoms with Gasteiger partial charge >= 0.3 is 6.03 Å². The molecule has 0 spiro atoms. The lowest BCUT2D eigenvalue weighted by molar-refractivity contribution is -0.121. The van der Waals surface area contributed by atoms with E-state index in [-0.39, 0.29) is 17.9 Å². The Balaban J connectivity index is 1.34. The minimum Gasteiger partial charge on any atom is -0.333 e. The fourth-order valence-electron chi connectivity index (χ4n) is 3.43. The van der Waals surface area contributed by atoms with Crippen LogP contribution in [0.15, 0.2) is 35.7 Å². The van der Waals surface area contributed by atoms with Gasteiger partial charge in [-0.1, -0.05) is 6.07 Å². The van der Waals surface area contributed by atoms with E-state index in [0.29, 0.717) is 19.6 Å². The maximum atomic E-state index is 12.7. The molecular weight excluding hydrogens is 392 g/mol. The van der Waals surface area contributed by atoms with Crippen molar-refractivity contribution in [1.82, 2.24) is 15.2 Å². The number of benzene rings is 1. The summed E-state index contributed by atoms with van der Waals surface area (Å²) in [5.41, 5.74) is 1.65. The molecule has 0 radical (unpaired) electrons. The van der Waals surface area contributed by atoms with Crippen molar-refractivity contribution in [2.45, 2.75) is 26.3 Å². The van der Waals surface area contributed by atoms with Crippen LogP contribution in [0.1, 0.15) is 22.7 Å². The molecule has 1 atom stereocenters. The van der Waals surface area contributed by atoms with E-state index in [1.54, 1.807) is 27.6 Å². The van der Waals surface area contributed by atoms with Crippen molar-refractivity contribution in [2.75, 3.05) is 18.4 Å². The Labute approximate surface area is 171 Å². The summed E-state index contributed by atoms with van der Waals surface area (Å²) in [6.45, 7) is 3.63. The van der Waals surface area contributed by atoms with E-state index < -0.39 is 0 Å². The van der Waals surface area contributed by atoms with Gasteiger partial charge in [0.25, 0.3) is 0 Å². The van der Waals surface area contributed by atoms with Gasteiger partial charge in [0.05, 0.1) is 27.7 Å². The van der Waals surface area contributed by atoms with E-state index in [2.05, 4.69) is 15.6 Å². The van der Waals surface area contributed by atoms with Gasteiger partial charge in [-0.3, -0.25) is 4.79 Å². The molecule has 2 N–H and O–H groups in total. The molecule has 2 aromatic heterocycles. The third kappa shape index (κ3) is 4.34. The summed E-state index contributed by atoms with van der Waals surface area (Å²) in [6.07, 6.45) is 1.62. The van der Waals surface area contributed by atoms with Gasteiger partial charge in [0.15, 0.2) is 0 Å². The first-order valence-corrected chi connectivity index (χ1v) is 11.0. The van der Waals surface area contributed by atoms with Crippen molar-refractivity contribution in [3.63, 3.8) is 0 Å². The third-order valence-electron chi connectivity index (χ3n) is 4.84. The standard InChI is InChI=1S/C20H22N4O2S2/c1-13-22-17-10-15(6-7-18(17)28-13)23-19(25)14-4-2-8-24(12-14)20(26)21-11-16-5-3-9-27-16/h3,5-7,9-10,14H,2,4,8,11-12H2,1H3,(H,21,26)(H,23,25). The third-order valence-corrected chi connectivity index (χ3v) is 6.66. The number of aryl methyl sites for hydroxylation is 1. The van der Waals surface area contributed by atoms with E-state index in [0.717, 1.165) is 38.6 Å². The average Bonchev–Trinajstić information content (AvgIpc) is 3.34. The quantitative estimate of drug-likeness (QED) is 0.671. The predicted molar refractivity (Wildman–Crippen MR) is 114 cm³/mol. The SMILES string of the molecule is Cc1nc2cc(NC(=O)C3CCCN(C(=O)NCc4cccs4)C3)ccc2s1. The summed E-state index contributed by atoms with van der Waals surface area (Å²) < 4.78 is 1.11. The lowest BCUT2D eigenvalue weighted by Gasteiger charge is -2.32. The number of piperidine rings is 1. The van der Waals surface area contributed by atoms with Crippen LogP contribution >= 0.6 is 22.7 Å². The van der Waals surface area contributed by atoms with Gasteiger partial charge in [-0.25, -0.2) is 9.78 Å². The number of thiophene rings is 1. The van der Waals surface area contributed by atoms with Crippen LogP contribution < -0.4 is 10.6 Å². The largest absolute Gasteiger partial charge is 0.333 e. The number of hydrogen-bond acceptors (Lipinski definition) is 5. The summed E-state index contributed by atoms with van der Waals surface area (Å²) in [7, 11) is 0. The minimum absolute atomic E-state index is 0.0398. The average molecular weight is 415 g/mol. The van der Waals surface area contributed by atoms with Gasteiger partial charge in [-0.05, 0) is 49.4 Å². The number of aromatic nitrogens is 1. The Morgan fingerprint density at radius 1 is 1.32 bits per heavy atom. The van der Waals surface area contributed by atoms with Crippen molar-refractivity contribution in [3.05, 3.63) is 45.6 Å². The smallest absolute Gasteiger partial charge is 0.317 e. The first-order chi connectivity index (χ1) is 13.6. The molecule has 28 heavy (non-hydrogen) atoms. The van der Waals surface area contributed by atoms with Gasteiger partial charge in [0, 0.05) is 23.7 Å². The predicted octanol–water partition coefficient (Wildman–Crippen LogP) is 4.23. The van der Waals surface area contributed by atoms with Crippen LogP contribution in [0.4, 0.5) is 10.5 Å².